The molecule has 0 aliphatic heterocycles. The molecule has 2 heteroatoms. The van der Waals surface area contributed by atoms with Gasteiger partial charge in [-0.2, -0.15) is 11.8 Å². The monoisotopic (exact) mass is 265 g/mol. The summed E-state index contributed by atoms with van der Waals surface area (Å²) in [6.45, 7) is 8.99. The molecule has 102 valence electrons. The van der Waals surface area contributed by atoms with E-state index in [2.05, 4.69) is 63.5 Å². The van der Waals surface area contributed by atoms with Crippen molar-refractivity contribution in [1.29, 1.82) is 0 Å². The summed E-state index contributed by atoms with van der Waals surface area (Å²) < 4.78 is 0. The normalized spacial score (nSPS) is 14.8. The second-order valence-electron chi connectivity index (χ2n) is 5.27. The van der Waals surface area contributed by atoms with Crippen molar-refractivity contribution < 1.29 is 0 Å². The highest BCUT2D eigenvalue weighted by Gasteiger charge is 2.11. The van der Waals surface area contributed by atoms with E-state index in [1.165, 1.54) is 23.3 Å². The van der Waals surface area contributed by atoms with Crippen molar-refractivity contribution in [2.45, 2.75) is 52.1 Å². The molecule has 1 nitrogen and oxygen atoms in total. The van der Waals surface area contributed by atoms with E-state index >= 15 is 0 Å². The molecule has 2 unspecified atom stereocenters. The van der Waals surface area contributed by atoms with Gasteiger partial charge in [0.2, 0.25) is 0 Å². The molecule has 0 radical (unpaired) electrons. The van der Waals surface area contributed by atoms with Crippen molar-refractivity contribution in [2.24, 2.45) is 0 Å². The Labute approximate surface area is 117 Å². The Morgan fingerprint density at radius 2 is 1.61 bits per heavy atom. The lowest BCUT2D eigenvalue weighted by atomic mass is 9.99. The first kappa shape index (κ1) is 15.6. The predicted octanol–water partition coefficient (Wildman–Crippen LogP) is 4.60. The molecule has 0 aromatic heterocycles. The van der Waals surface area contributed by atoms with Crippen LogP contribution < -0.4 is 5.32 Å². The van der Waals surface area contributed by atoms with Crippen molar-refractivity contribution in [3.05, 3.63) is 35.4 Å². The predicted molar refractivity (Wildman–Crippen MR) is 84.5 cm³/mol. The minimum atomic E-state index is 0.434. The molecule has 2 atom stereocenters. The number of hydrogen-bond donors (Lipinski definition) is 1. The number of rotatable bonds is 7. The van der Waals surface area contributed by atoms with Crippen molar-refractivity contribution in [2.75, 3.05) is 12.0 Å². The van der Waals surface area contributed by atoms with Crippen LogP contribution in [0.25, 0.3) is 0 Å². The maximum atomic E-state index is 3.71. The molecule has 0 heterocycles. The van der Waals surface area contributed by atoms with E-state index in [0.29, 0.717) is 18.0 Å². The smallest absolute Gasteiger partial charge is 0.0294 e. The van der Waals surface area contributed by atoms with Gasteiger partial charge >= 0.3 is 0 Å². The van der Waals surface area contributed by atoms with Gasteiger partial charge in [0.1, 0.15) is 0 Å². The second kappa shape index (κ2) is 7.85. The molecule has 0 amide bonds. The van der Waals surface area contributed by atoms with Crippen LogP contribution in [-0.4, -0.2) is 18.1 Å². The van der Waals surface area contributed by atoms with Crippen LogP contribution in [0.4, 0.5) is 0 Å². The Hall–Kier alpha value is -0.470. The summed E-state index contributed by atoms with van der Waals surface area (Å²) in [4.78, 5) is 0. The lowest BCUT2D eigenvalue weighted by Crippen LogP contribution is -2.32. The summed E-state index contributed by atoms with van der Waals surface area (Å²) >= 11 is 1.92. The molecule has 0 fully saturated rings. The third-order valence-electron chi connectivity index (χ3n) is 3.45. The highest BCUT2D eigenvalue weighted by atomic mass is 32.2. The van der Waals surface area contributed by atoms with Crippen molar-refractivity contribution >= 4 is 11.8 Å². The van der Waals surface area contributed by atoms with Crippen molar-refractivity contribution in [3.63, 3.8) is 0 Å². The Kier molecular flexibility index (Phi) is 6.80. The Balaban J connectivity index is 2.63. The molecule has 0 aliphatic carbocycles. The van der Waals surface area contributed by atoms with Crippen LogP contribution in [-0.2, 0) is 0 Å². The number of hydrogen-bond acceptors (Lipinski definition) is 2. The van der Waals surface area contributed by atoms with Gasteiger partial charge in [0, 0.05) is 17.8 Å². The third kappa shape index (κ3) is 4.66. The zero-order chi connectivity index (χ0) is 13.5. The molecule has 1 rings (SSSR count). The molecule has 0 aliphatic rings. The fourth-order valence-electron chi connectivity index (χ4n) is 2.10. The number of nitrogens with one attached hydrogen (secondary N) is 1. The van der Waals surface area contributed by atoms with Gasteiger partial charge in [-0.1, -0.05) is 45.0 Å². The molecular weight excluding hydrogens is 238 g/mol. The van der Waals surface area contributed by atoms with Gasteiger partial charge < -0.3 is 5.32 Å². The van der Waals surface area contributed by atoms with Gasteiger partial charge in [-0.15, -0.1) is 0 Å². The first-order valence-corrected chi connectivity index (χ1v) is 8.32. The van der Waals surface area contributed by atoms with Crippen LogP contribution in [0.15, 0.2) is 24.3 Å². The number of benzene rings is 1. The van der Waals surface area contributed by atoms with Crippen molar-refractivity contribution in [3.8, 4) is 0 Å². The van der Waals surface area contributed by atoms with E-state index in [1.54, 1.807) is 0 Å². The first-order chi connectivity index (χ1) is 8.58. The maximum Gasteiger partial charge on any atom is 0.0294 e. The average molecular weight is 265 g/mol. The zero-order valence-electron chi connectivity index (χ0n) is 12.4. The lowest BCUT2D eigenvalue weighted by molar-refractivity contribution is 0.475. The summed E-state index contributed by atoms with van der Waals surface area (Å²) in [6, 6.07) is 10.1. The van der Waals surface area contributed by atoms with E-state index in [4.69, 9.17) is 0 Å². The fourth-order valence-corrected chi connectivity index (χ4v) is 2.84. The molecule has 0 spiro atoms. The SMILES string of the molecule is CCC(CSC)NC(C)c1ccc(C(C)C)cc1. The van der Waals surface area contributed by atoms with Crippen LogP contribution >= 0.6 is 11.8 Å². The topological polar surface area (TPSA) is 12.0 Å². The highest BCUT2D eigenvalue weighted by molar-refractivity contribution is 7.98. The molecule has 0 saturated carbocycles. The summed E-state index contributed by atoms with van der Waals surface area (Å²) in [7, 11) is 0. The number of thioether (sulfide) groups is 1. The largest absolute Gasteiger partial charge is 0.307 e. The van der Waals surface area contributed by atoms with Gasteiger partial charge in [-0.05, 0) is 36.6 Å². The molecule has 1 N–H and O–H groups in total. The highest BCUT2D eigenvalue weighted by Crippen LogP contribution is 2.19. The van der Waals surface area contributed by atoms with Gasteiger partial charge in [-0.3, -0.25) is 0 Å². The summed E-state index contributed by atoms with van der Waals surface area (Å²) in [5, 5.41) is 3.71. The van der Waals surface area contributed by atoms with Crippen LogP contribution in [0.1, 0.15) is 57.2 Å². The van der Waals surface area contributed by atoms with Crippen LogP contribution in [0.3, 0.4) is 0 Å². The fraction of sp³-hybridized carbons (Fsp3) is 0.625. The van der Waals surface area contributed by atoms with Crippen molar-refractivity contribution in [1.82, 2.24) is 5.32 Å². The minimum Gasteiger partial charge on any atom is -0.307 e. The van der Waals surface area contributed by atoms with Gasteiger partial charge in [0.25, 0.3) is 0 Å². The van der Waals surface area contributed by atoms with Gasteiger partial charge in [0.05, 0.1) is 0 Å². The van der Waals surface area contributed by atoms with Crippen LogP contribution in [0, 0.1) is 0 Å². The second-order valence-corrected chi connectivity index (χ2v) is 6.18. The molecule has 1 aromatic rings. The van der Waals surface area contributed by atoms with Gasteiger partial charge in [-0.25, -0.2) is 0 Å². The summed E-state index contributed by atoms with van der Waals surface area (Å²) in [5.41, 5.74) is 2.81. The molecule has 0 bridgehead atoms. The standard InChI is InChI=1S/C16H27NS/c1-6-16(11-18-5)17-13(4)15-9-7-14(8-10-15)12(2)3/h7-10,12-13,16-17H,6,11H2,1-5H3. The molecule has 18 heavy (non-hydrogen) atoms. The Morgan fingerprint density at radius 1 is 1.06 bits per heavy atom. The maximum absolute atomic E-state index is 3.71. The molecule has 1 aromatic carbocycles. The average Bonchev–Trinajstić information content (AvgIpc) is 2.38. The van der Waals surface area contributed by atoms with E-state index in [-0.39, 0.29) is 0 Å². The van der Waals surface area contributed by atoms with E-state index < -0.39 is 0 Å². The quantitative estimate of drug-likeness (QED) is 0.773. The van der Waals surface area contributed by atoms with E-state index in [0.717, 1.165) is 0 Å². The summed E-state index contributed by atoms with van der Waals surface area (Å²) in [5.74, 6) is 1.80. The molecule has 0 saturated heterocycles. The van der Waals surface area contributed by atoms with E-state index in [1.807, 2.05) is 11.8 Å². The first-order valence-electron chi connectivity index (χ1n) is 6.93. The van der Waals surface area contributed by atoms with E-state index in [9.17, 15) is 0 Å². The third-order valence-corrected chi connectivity index (χ3v) is 4.19. The lowest BCUT2D eigenvalue weighted by Gasteiger charge is -2.22. The summed E-state index contributed by atoms with van der Waals surface area (Å²) in [6.07, 6.45) is 3.36. The Bertz CT molecular complexity index is 331. The zero-order valence-corrected chi connectivity index (χ0v) is 13.2. The minimum absolute atomic E-state index is 0.434. The van der Waals surface area contributed by atoms with Gasteiger partial charge in [0.15, 0.2) is 0 Å². The van der Waals surface area contributed by atoms with Crippen LogP contribution in [0.2, 0.25) is 0 Å². The molecular formula is C16H27NS. The Morgan fingerprint density at radius 3 is 2.06 bits per heavy atom. The van der Waals surface area contributed by atoms with Crippen LogP contribution in [0.5, 0.6) is 0 Å².